The molecule has 20 heavy (non-hydrogen) atoms. The Kier molecular flexibility index (Phi) is 3.60. The van der Waals surface area contributed by atoms with E-state index in [9.17, 15) is 0 Å². The van der Waals surface area contributed by atoms with Gasteiger partial charge < -0.3 is 4.74 Å². The zero-order valence-corrected chi connectivity index (χ0v) is 12.3. The lowest BCUT2D eigenvalue weighted by atomic mass is 10.2. The number of hydrogen-bond acceptors (Lipinski definition) is 3. The molecular formula is C15H16N3OS+. The number of thioether (sulfide) groups is 1. The summed E-state index contributed by atoms with van der Waals surface area (Å²) in [5.74, 6) is 1.79. The molecule has 0 radical (unpaired) electrons. The van der Waals surface area contributed by atoms with Crippen molar-refractivity contribution < 1.29 is 9.30 Å². The summed E-state index contributed by atoms with van der Waals surface area (Å²) in [6.07, 6.45) is 8.09. The Hall–Kier alpha value is -2.01. The van der Waals surface area contributed by atoms with Crippen LogP contribution in [0.4, 0.5) is 0 Å². The van der Waals surface area contributed by atoms with E-state index in [1.165, 1.54) is 5.56 Å². The lowest BCUT2D eigenvalue weighted by Crippen LogP contribution is -2.26. The van der Waals surface area contributed by atoms with Crippen LogP contribution in [-0.2, 0) is 12.8 Å². The lowest BCUT2D eigenvalue weighted by Gasteiger charge is -2.01. The van der Waals surface area contributed by atoms with Crippen molar-refractivity contribution in [3.8, 4) is 5.75 Å². The van der Waals surface area contributed by atoms with Crippen LogP contribution in [0.1, 0.15) is 5.56 Å². The zero-order valence-electron chi connectivity index (χ0n) is 11.5. The SMILES string of the molecule is COc1ccc(CSc2cn3cc[n+](C)cc3n2)cc1. The average molecular weight is 286 g/mol. The van der Waals surface area contributed by atoms with Gasteiger partial charge in [0.1, 0.15) is 17.8 Å². The maximum atomic E-state index is 5.16. The van der Waals surface area contributed by atoms with E-state index >= 15 is 0 Å². The minimum atomic E-state index is 0.888. The molecule has 0 aliphatic rings. The number of nitrogens with zero attached hydrogens (tertiary/aromatic N) is 3. The number of hydrogen-bond donors (Lipinski definition) is 0. The Bertz CT molecular complexity index is 722. The maximum Gasteiger partial charge on any atom is 0.212 e. The normalized spacial score (nSPS) is 10.9. The monoisotopic (exact) mass is 286 g/mol. The number of benzene rings is 1. The molecule has 0 unspecified atom stereocenters. The van der Waals surface area contributed by atoms with Gasteiger partial charge in [-0.2, -0.15) is 0 Å². The molecule has 0 amide bonds. The van der Waals surface area contributed by atoms with E-state index in [1.54, 1.807) is 18.9 Å². The molecule has 4 nitrogen and oxygen atoms in total. The van der Waals surface area contributed by atoms with Crippen molar-refractivity contribution in [1.82, 2.24) is 9.38 Å². The fourth-order valence-corrected chi connectivity index (χ4v) is 2.80. The third-order valence-corrected chi connectivity index (χ3v) is 4.04. The Morgan fingerprint density at radius 1 is 1.30 bits per heavy atom. The molecule has 0 bridgehead atoms. The van der Waals surface area contributed by atoms with Gasteiger partial charge in [0.05, 0.1) is 13.3 Å². The molecule has 5 heteroatoms. The molecule has 0 saturated carbocycles. The predicted octanol–water partition coefficient (Wildman–Crippen LogP) is 2.46. The van der Waals surface area contributed by atoms with Crippen LogP contribution in [-0.4, -0.2) is 16.5 Å². The number of imidazole rings is 1. The Morgan fingerprint density at radius 2 is 2.10 bits per heavy atom. The van der Waals surface area contributed by atoms with Crippen LogP contribution in [0.5, 0.6) is 5.75 Å². The van der Waals surface area contributed by atoms with Gasteiger partial charge in [-0.05, 0) is 17.7 Å². The first-order chi connectivity index (χ1) is 9.74. The van der Waals surface area contributed by atoms with Gasteiger partial charge in [0.15, 0.2) is 6.20 Å². The summed E-state index contributed by atoms with van der Waals surface area (Å²) >= 11 is 1.74. The summed E-state index contributed by atoms with van der Waals surface area (Å²) in [7, 11) is 3.68. The van der Waals surface area contributed by atoms with Crippen molar-refractivity contribution in [2.75, 3.05) is 7.11 Å². The van der Waals surface area contributed by atoms with Gasteiger partial charge in [-0.3, -0.25) is 4.40 Å². The molecule has 0 N–H and O–H groups in total. The molecule has 0 spiro atoms. The first-order valence-electron chi connectivity index (χ1n) is 6.34. The number of aryl methyl sites for hydroxylation is 1. The zero-order chi connectivity index (χ0) is 13.9. The van der Waals surface area contributed by atoms with E-state index in [1.807, 2.05) is 46.7 Å². The fraction of sp³-hybridized carbons (Fsp3) is 0.200. The summed E-state index contributed by atoms with van der Waals surface area (Å²) < 4.78 is 9.20. The standard InChI is InChI=1S/C15H16N3OS/c1-17-7-8-18-10-15(16-14(18)9-17)20-11-12-3-5-13(19-2)6-4-12/h3-10H,11H2,1-2H3/q+1. The van der Waals surface area contributed by atoms with E-state index in [2.05, 4.69) is 23.3 Å². The van der Waals surface area contributed by atoms with Gasteiger partial charge in [0.25, 0.3) is 0 Å². The molecule has 2 heterocycles. The van der Waals surface area contributed by atoms with Crippen LogP contribution < -0.4 is 9.30 Å². The fourth-order valence-electron chi connectivity index (χ4n) is 1.95. The topological polar surface area (TPSA) is 30.4 Å². The molecule has 102 valence electrons. The molecule has 3 aromatic rings. The highest BCUT2D eigenvalue weighted by Crippen LogP contribution is 2.23. The van der Waals surface area contributed by atoms with Crippen molar-refractivity contribution in [2.24, 2.45) is 7.05 Å². The largest absolute Gasteiger partial charge is 0.497 e. The lowest BCUT2D eigenvalue weighted by molar-refractivity contribution is -0.670. The summed E-state index contributed by atoms with van der Waals surface area (Å²) in [4.78, 5) is 4.60. The number of fused-ring (bicyclic) bond motifs is 1. The Balaban J connectivity index is 1.72. The number of ether oxygens (including phenoxy) is 1. The van der Waals surface area contributed by atoms with Crippen molar-refractivity contribution in [2.45, 2.75) is 10.8 Å². The average Bonchev–Trinajstić information content (AvgIpc) is 2.87. The van der Waals surface area contributed by atoms with Gasteiger partial charge in [0.2, 0.25) is 11.8 Å². The summed E-state index contributed by atoms with van der Waals surface area (Å²) in [6, 6.07) is 8.14. The number of methoxy groups -OCH3 is 1. The van der Waals surface area contributed by atoms with Crippen LogP contribution >= 0.6 is 11.8 Å². The van der Waals surface area contributed by atoms with E-state index < -0.39 is 0 Å². The molecule has 0 fully saturated rings. The minimum absolute atomic E-state index is 0.888. The Labute approximate surface area is 122 Å². The predicted molar refractivity (Wildman–Crippen MR) is 78.9 cm³/mol. The van der Waals surface area contributed by atoms with Crippen LogP contribution in [0.2, 0.25) is 0 Å². The third-order valence-electron chi connectivity index (χ3n) is 3.07. The van der Waals surface area contributed by atoms with E-state index in [0.29, 0.717) is 0 Å². The second-order valence-electron chi connectivity index (χ2n) is 4.57. The molecule has 0 aliphatic carbocycles. The number of rotatable bonds is 4. The van der Waals surface area contributed by atoms with E-state index in [-0.39, 0.29) is 0 Å². The van der Waals surface area contributed by atoms with E-state index in [4.69, 9.17) is 4.74 Å². The molecule has 1 aromatic carbocycles. The highest BCUT2D eigenvalue weighted by molar-refractivity contribution is 7.98. The van der Waals surface area contributed by atoms with Gasteiger partial charge >= 0.3 is 0 Å². The van der Waals surface area contributed by atoms with E-state index in [0.717, 1.165) is 22.2 Å². The molecular weight excluding hydrogens is 270 g/mol. The first-order valence-corrected chi connectivity index (χ1v) is 7.33. The van der Waals surface area contributed by atoms with Crippen LogP contribution in [0.25, 0.3) is 5.65 Å². The second-order valence-corrected chi connectivity index (χ2v) is 5.57. The Morgan fingerprint density at radius 3 is 2.85 bits per heavy atom. The van der Waals surface area contributed by atoms with Crippen LogP contribution in [0.15, 0.2) is 54.1 Å². The van der Waals surface area contributed by atoms with Gasteiger partial charge in [-0.25, -0.2) is 9.55 Å². The van der Waals surface area contributed by atoms with Gasteiger partial charge in [-0.15, -0.1) is 11.8 Å². The molecule has 2 aromatic heterocycles. The van der Waals surface area contributed by atoms with Gasteiger partial charge in [-0.1, -0.05) is 12.1 Å². The molecule has 0 saturated heterocycles. The van der Waals surface area contributed by atoms with Gasteiger partial charge in [0, 0.05) is 11.9 Å². The minimum Gasteiger partial charge on any atom is -0.497 e. The highest BCUT2D eigenvalue weighted by atomic mass is 32.2. The number of aromatic nitrogens is 3. The maximum absolute atomic E-state index is 5.16. The first kappa shape index (κ1) is 13.0. The third kappa shape index (κ3) is 2.77. The van der Waals surface area contributed by atoms with Crippen molar-refractivity contribution in [3.63, 3.8) is 0 Å². The molecule has 3 rings (SSSR count). The van der Waals surface area contributed by atoms with Crippen LogP contribution in [0.3, 0.4) is 0 Å². The summed E-state index contributed by atoms with van der Waals surface area (Å²) in [6.45, 7) is 0. The van der Waals surface area contributed by atoms with Crippen molar-refractivity contribution in [3.05, 3.63) is 54.6 Å². The molecule has 0 aliphatic heterocycles. The molecule has 0 atom stereocenters. The quantitative estimate of drug-likeness (QED) is 0.545. The van der Waals surface area contributed by atoms with Crippen LogP contribution in [0, 0.1) is 0 Å². The highest BCUT2D eigenvalue weighted by Gasteiger charge is 2.05. The second kappa shape index (κ2) is 5.54. The summed E-state index contributed by atoms with van der Waals surface area (Å²) in [5.41, 5.74) is 2.23. The smallest absolute Gasteiger partial charge is 0.212 e. The van der Waals surface area contributed by atoms with Crippen molar-refractivity contribution in [1.29, 1.82) is 0 Å². The summed E-state index contributed by atoms with van der Waals surface area (Å²) in [5, 5.41) is 1.03. The van der Waals surface area contributed by atoms with Crippen molar-refractivity contribution >= 4 is 17.4 Å².